The topological polar surface area (TPSA) is 45.5 Å². The summed E-state index contributed by atoms with van der Waals surface area (Å²) in [7, 11) is 0. The Morgan fingerprint density at radius 2 is 1.78 bits per heavy atom. The van der Waals surface area contributed by atoms with E-state index >= 15 is 0 Å². The number of benzene rings is 3. The van der Waals surface area contributed by atoms with Gasteiger partial charge in [-0.05, 0) is 54.7 Å². The first-order chi connectivity index (χ1) is 17.6. The summed E-state index contributed by atoms with van der Waals surface area (Å²) in [6.45, 7) is 1.04. The summed E-state index contributed by atoms with van der Waals surface area (Å²) in [6.07, 6.45) is 7.45. The molecular formula is C29H28Cl2N2O3. The maximum absolute atomic E-state index is 6.53. The Hall–Kier alpha value is -2.83. The summed E-state index contributed by atoms with van der Waals surface area (Å²) in [6, 6.07) is 23.9. The van der Waals surface area contributed by atoms with E-state index in [0.29, 0.717) is 23.2 Å². The van der Waals surface area contributed by atoms with Crippen LogP contribution in [0.5, 0.6) is 5.75 Å². The predicted molar refractivity (Wildman–Crippen MR) is 142 cm³/mol. The lowest BCUT2D eigenvalue weighted by Crippen LogP contribution is -2.35. The summed E-state index contributed by atoms with van der Waals surface area (Å²) in [5.74, 6) is 0.826. The second kappa shape index (κ2) is 11.9. The molecule has 36 heavy (non-hydrogen) atoms. The van der Waals surface area contributed by atoms with Gasteiger partial charge in [-0.15, -0.1) is 0 Å². The van der Waals surface area contributed by atoms with E-state index in [4.69, 9.17) is 37.4 Å². The second-order valence-electron chi connectivity index (χ2n) is 8.87. The summed E-state index contributed by atoms with van der Waals surface area (Å²) in [4.78, 5) is 4.15. The summed E-state index contributed by atoms with van der Waals surface area (Å²) in [5, 5.41) is 1.16. The smallest absolute Gasteiger partial charge is 0.159 e. The van der Waals surface area contributed by atoms with Gasteiger partial charge in [-0.2, -0.15) is 0 Å². The molecule has 5 nitrogen and oxygen atoms in total. The standard InChI is InChI=1S/C29H28Cl2N2O3/c30-23-11-14-26(27(31)17-23)28(18-33-16-15-32-20-33)36-29-8-4-7-25(35-29)19-34-24-12-9-22(10-13-24)21-5-2-1-3-6-21/h1-3,5-6,9-17,20,25,28-29H,4,7-8,18-19H2. The van der Waals surface area contributed by atoms with E-state index in [9.17, 15) is 0 Å². The number of hydrogen-bond donors (Lipinski definition) is 0. The van der Waals surface area contributed by atoms with Crippen LogP contribution in [0.2, 0.25) is 10.0 Å². The van der Waals surface area contributed by atoms with E-state index in [1.807, 2.05) is 53.2 Å². The molecule has 3 atom stereocenters. The van der Waals surface area contributed by atoms with Crippen LogP contribution in [0.25, 0.3) is 11.1 Å². The highest BCUT2D eigenvalue weighted by Crippen LogP contribution is 2.33. The van der Waals surface area contributed by atoms with Crippen molar-refractivity contribution in [2.24, 2.45) is 0 Å². The SMILES string of the molecule is Clc1ccc(C(Cn2ccnc2)OC2CCCC(COc3ccc(-c4ccccc4)cc3)O2)c(Cl)c1. The molecule has 0 aliphatic carbocycles. The highest BCUT2D eigenvalue weighted by molar-refractivity contribution is 6.35. The van der Waals surface area contributed by atoms with Crippen molar-refractivity contribution >= 4 is 23.2 Å². The maximum Gasteiger partial charge on any atom is 0.159 e. The third kappa shape index (κ3) is 6.48. The Morgan fingerprint density at radius 3 is 2.53 bits per heavy atom. The number of nitrogens with zero attached hydrogens (tertiary/aromatic N) is 2. The Balaban J connectivity index is 1.20. The molecule has 7 heteroatoms. The number of halogens is 2. The number of hydrogen-bond acceptors (Lipinski definition) is 4. The Morgan fingerprint density at radius 1 is 0.972 bits per heavy atom. The Bertz CT molecular complexity index is 1230. The van der Waals surface area contributed by atoms with Gasteiger partial charge in [-0.3, -0.25) is 0 Å². The lowest BCUT2D eigenvalue weighted by atomic mass is 10.1. The van der Waals surface area contributed by atoms with E-state index in [0.717, 1.165) is 36.1 Å². The fraction of sp³-hybridized carbons (Fsp3) is 0.276. The van der Waals surface area contributed by atoms with E-state index in [1.165, 1.54) is 5.56 Å². The van der Waals surface area contributed by atoms with Gasteiger partial charge < -0.3 is 18.8 Å². The third-order valence-corrected chi connectivity index (χ3v) is 6.83. The van der Waals surface area contributed by atoms with E-state index in [2.05, 4.69) is 29.2 Å². The first-order valence-corrected chi connectivity index (χ1v) is 12.9. The first kappa shape index (κ1) is 24.8. The van der Waals surface area contributed by atoms with E-state index in [1.54, 1.807) is 18.6 Å². The molecule has 0 bridgehead atoms. The van der Waals surface area contributed by atoms with Gasteiger partial charge in [0.2, 0.25) is 0 Å². The van der Waals surface area contributed by atoms with Crippen LogP contribution in [0, 0.1) is 0 Å². The van der Waals surface area contributed by atoms with Crippen molar-refractivity contribution in [3.05, 3.63) is 107 Å². The molecule has 1 aromatic heterocycles. The summed E-state index contributed by atoms with van der Waals surface area (Å²) < 4.78 is 20.8. The van der Waals surface area contributed by atoms with Crippen LogP contribution < -0.4 is 4.74 Å². The van der Waals surface area contributed by atoms with Gasteiger partial charge in [0, 0.05) is 28.0 Å². The van der Waals surface area contributed by atoms with Crippen LogP contribution in [-0.2, 0) is 16.0 Å². The number of aromatic nitrogens is 2. The zero-order valence-corrected chi connectivity index (χ0v) is 21.3. The molecule has 0 N–H and O–H groups in total. The molecule has 1 aliphatic rings. The normalized spacial score (nSPS) is 18.6. The molecular weight excluding hydrogens is 495 g/mol. The second-order valence-corrected chi connectivity index (χ2v) is 9.71. The molecule has 4 aromatic rings. The number of ether oxygens (including phenoxy) is 3. The van der Waals surface area contributed by atoms with Crippen LogP contribution in [0.1, 0.15) is 30.9 Å². The fourth-order valence-corrected chi connectivity index (χ4v) is 4.93. The average Bonchev–Trinajstić information content (AvgIpc) is 3.41. The molecule has 0 amide bonds. The van der Waals surface area contributed by atoms with Gasteiger partial charge in [0.25, 0.3) is 0 Å². The van der Waals surface area contributed by atoms with Crippen molar-refractivity contribution in [1.29, 1.82) is 0 Å². The lowest BCUT2D eigenvalue weighted by molar-refractivity contribution is -0.223. The van der Waals surface area contributed by atoms with Gasteiger partial charge in [0.05, 0.1) is 19.0 Å². The molecule has 0 saturated carbocycles. The van der Waals surface area contributed by atoms with Gasteiger partial charge in [-0.1, -0.05) is 71.7 Å². The van der Waals surface area contributed by atoms with Gasteiger partial charge >= 0.3 is 0 Å². The molecule has 0 radical (unpaired) electrons. The highest BCUT2D eigenvalue weighted by atomic mass is 35.5. The van der Waals surface area contributed by atoms with Crippen molar-refractivity contribution in [3.8, 4) is 16.9 Å². The molecule has 3 aromatic carbocycles. The minimum atomic E-state index is -0.354. The van der Waals surface area contributed by atoms with Crippen LogP contribution >= 0.6 is 23.2 Å². The van der Waals surface area contributed by atoms with Crippen molar-refractivity contribution in [2.75, 3.05) is 6.61 Å². The third-order valence-electron chi connectivity index (χ3n) is 6.27. The zero-order chi connectivity index (χ0) is 24.7. The minimum absolute atomic E-state index is 0.0489. The van der Waals surface area contributed by atoms with Gasteiger partial charge in [-0.25, -0.2) is 4.98 Å². The lowest BCUT2D eigenvalue weighted by Gasteiger charge is -2.33. The van der Waals surface area contributed by atoms with Crippen LogP contribution in [0.15, 0.2) is 91.5 Å². The van der Waals surface area contributed by atoms with Crippen molar-refractivity contribution < 1.29 is 14.2 Å². The fourth-order valence-electron chi connectivity index (χ4n) is 4.40. The Labute approximate surface area is 221 Å². The van der Waals surface area contributed by atoms with E-state index in [-0.39, 0.29) is 18.5 Å². The molecule has 3 unspecified atom stereocenters. The van der Waals surface area contributed by atoms with Gasteiger partial charge in [0.1, 0.15) is 18.5 Å². The molecule has 1 saturated heterocycles. The van der Waals surface area contributed by atoms with E-state index < -0.39 is 0 Å². The summed E-state index contributed by atoms with van der Waals surface area (Å²) in [5.41, 5.74) is 3.22. The molecule has 186 valence electrons. The molecule has 2 heterocycles. The van der Waals surface area contributed by atoms with Crippen LogP contribution in [0.4, 0.5) is 0 Å². The molecule has 5 rings (SSSR count). The Kier molecular flexibility index (Phi) is 8.24. The zero-order valence-electron chi connectivity index (χ0n) is 19.8. The highest BCUT2D eigenvalue weighted by Gasteiger charge is 2.28. The van der Waals surface area contributed by atoms with Crippen molar-refractivity contribution in [2.45, 2.75) is 44.3 Å². The van der Waals surface area contributed by atoms with Crippen LogP contribution in [-0.4, -0.2) is 28.6 Å². The summed E-state index contributed by atoms with van der Waals surface area (Å²) >= 11 is 12.6. The predicted octanol–water partition coefficient (Wildman–Crippen LogP) is 7.59. The van der Waals surface area contributed by atoms with Crippen molar-refractivity contribution in [1.82, 2.24) is 9.55 Å². The van der Waals surface area contributed by atoms with Crippen LogP contribution in [0.3, 0.4) is 0 Å². The minimum Gasteiger partial charge on any atom is -0.491 e. The maximum atomic E-state index is 6.53. The molecule has 1 fully saturated rings. The first-order valence-electron chi connectivity index (χ1n) is 12.1. The molecule has 1 aliphatic heterocycles. The van der Waals surface area contributed by atoms with Crippen molar-refractivity contribution in [3.63, 3.8) is 0 Å². The average molecular weight is 523 g/mol. The molecule has 0 spiro atoms. The van der Waals surface area contributed by atoms with Gasteiger partial charge in [0.15, 0.2) is 6.29 Å². The number of imidazole rings is 1. The quantitative estimate of drug-likeness (QED) is 0.227. The number of rotatable bonds is 9. The largest absolute Gasteiger partial charge is 0.491 e. The monoisotopic (exact) mass is 522 g/mol.